The van der Waals surface area contributed by atoms with Gasteiger partial charge in [0.05, 0.1) is 0 Å². The van der Waals surface area contributed by atoms with E-state index < -0.39 is 0 Å². The molecule has 0 radical (unpaired) electrons. The van der Waals surface area contributed by atoms with Crippen LogP contribution >= 0.6 is 7.92 Å². The molecule has 2 aromatic rings. The molecule has 0 nitrogen and oxygen atoms in total. The van der Waals surface area contributed by atoms with Crippen LogP contribution in [-0.2, 0) is 0 Å². The van der Waals surface area contributed by atoms with Crippen molar-refractivity contribution in [2.24, 2.45) is 0 Å². The first-order valence-electron chi connectivity index (χ1n) is 6.29. The van der Waals surface area contributed by atoms with E-state index in [1.54, 1.807) is 0 Å². The summed E-state index contributed by atoms with van der Waals surface area (Å²) < 4.78 is 0. The van der Waals surface area contributed by atoms with E-state index in [9.17, 15) is 0 Å². The van der Waals surface area contributed by atoms with Crippen LogP contribution < -0.4 is 5.30 Å². The average Bonchev–Trinajstić information content (AvgIpc) is 2.40. The van der Waals surface area contributed by atoms with Crippen molar-refractivity contribution in [3.8, 4) is 0 Å². The first-order valence-corrected chi connectivity index (χ1v) is 7.70. The molecule has 0 aliphatic rings. The summed E-state index contributed by atoms with van der Waals surface area (Å²) in [6.45, 7) is 8.92. The molecule has 0 aromatic heterocycles. The van der Waals surface area contributed by atoms with Crippen molar-refractivity contribution in [3.05, 3.63) is 72.8 Å². The van der Waals surface area contributed by atoms with Crippen molar-refractivity contribution in [2.75, 3.05) is 0 Å². The first-order chi connectivity index (χ1) is 8.70. The second-order valence-corrected chi connectivity index (χ2v) is 7.44. The molecule has 0 saturated heterocycles. The van der Waals surface area contributed by atoms with Gasteiger partial charge in [0.2, 0.25) is 0 Å². The molecule has 0 aliphatic heterocycles. The second-order valence-electron chi connectivity index (χ2n) is 4.61. The summed E-state index contributed by atoms with van der Waals surface area (Å²) in [7, 11) is -0.347. The zero-order valence-corrected chi connectivity index (χ0v) is 11.9. The molecule has 1 heteroatoms. The van der Waals surface area contributed by atoms with Gasteiger partial charge >= 0.3 is 0 Å². The van der Waals surface area contributed by atoms with Crippen LogP contribution in [0.1, 0.15) is 19.4 Å². The molecule has 0 fully saturated rings. The zero-order valence-electron chi connectivity index (χ0n) is 11.0. The lowest BCUT2D eigenvalue weighted by atomic mass is 10.2. The van der Waals surface area contributed by atoms with Crippen LogP contribution in [0.3, 0.4) is 0 Å². The van der Waals surface area contributed by atoms with E-state index in [4.69, 9.17) is 0 Å². The van der Waals surface area contributed by atoms with Crippen molar-refractivity contribution in [3.63, 3.8) is 0 Å². The second kappa shape index (κ2) is 5.98. The Kier molecular flexibility index (Phi) is 4.33. The average molecular weight is 254 g/mol. The predicted molar refractivity (Wildman–Crippen MR) is 83.6 cm³/mol. The van der Waals surface area contributed by atoms with Crippen molar-refractivity contribution < 1.29 is 0 Å². The molecule has 92 valence electrons. The Morgan fingerprint density at radius 1 is 0.889 bits per heavy atom. The summed E-state index contributed by atoms with van der Waals surface area (Å²) in [6, 6.07) is 21.3. The Hall–Kier alpha value is -1.39. The van der Waals surface area contributed by atoms with E-state index in [1.165, 1.54) is 16.2 Å². The van der Waals surface area contributed by atoms with E-state index in [2.05, 4.69) is 81.1 Å². The number of benzene rings is 2. The van der Waals surface area contributed by atoms with Gasteiger partial charge in [-0.2, -0.15) is 0 Å². The Morgan fingerprint density at radius 2 is 1.39 bits per heavy atom. The van der Waals surface area contributed by atoms with Crippen molar-refractivity contribution in [1.29, 1.82) is 0 Å². The molecular formula is C17H19P. The normalized spacial score (nSPS) is 12.4. The van der Waals surface area contributed by atoms with Gasteiger partial charge in [-0.15, -0.1) is 0 Å². The highest BCUT2D eigenvalue weighted by molar-refractivity contribution is 7.76. The molecule has 18 heavy (non-hydrogen) atoms. The number of hydrogen-bond donors (Lipinski definition) is 0. The van der Waals surface area contributed by atoms with Crippen molar-refractivity contribution in [1.82, 2.24) is 0 Å². The largest absolute Gasteiger partial charge is 0.0904 e. The highest BCUT2D eigenvalue weighted by Gasteiger charge is 2.19. The molecule has 1 unspecified atom stereocenters. The molecule has 2 aromatic carbocycles. The van der Waals surface area contributed by atoms with Crippen molar-refractivity contribution >= 4 is 18.5 Å². The van der Waals surface area contributed by atoms with Gasteiger partial charge in [-0.25, -0.2) is 0 Å². The molecule has 0 spiro atoms. The fourth-order valence-corrected chi connectivity index (χ4v) is 4.58. The maximum atomic E-state index is 4.35. The Labute approximate surface area is 111 Å². The summed E-state index contributed by atoms with van der Waals surface area (Å²) in [6.07, 6.45) is 0. The van der Waals surface area contributed by atoms with Gasteiger partial charge in [0.25, 0.3) is 0 Å². The Morgan fingerprint density at radius 3 is 1.89 bits per heavy atom. The summed E-state index contributed by atoms with van der Waals surface area (Å²) in [5, 5.41) is 2.68. The van der Waals surface area contributed by atoms with E-state index >= 15 is 0 Å². The third-order valence-corrected chi connectivity index (χ3v) is 5.68. The van der Waals surface area contributed by atoms with Gasteiger partial charge in [0, 0.05) is 0 Å². The van der Waals surface area contributed by atoms with Crippen LogP contribution in [0.15, 0.2) is 67.2 Å². The fourth-order valence-electron chi connectivity index (χ4n) is 2.12. The van der Waals surface area contributed by atoms with E-state index in [0.717, 1.165) is 0 Å². The lowest BCUT2D eigenvalue weighted by Crippen LogP contribution is -2.08. The zero-order chi connectivity index (χ0) is 13.0. The summed E-state index contributed by atoms with van der Waals surface area (Å²) in [4.78, 5) is 0. The van der Waals surface area contributed by atoms with Crippen molar-refractivity contribution in [2.45, 2.75) is 19.5 Å². The molecule has 0 N–H and O–H groups in total. The van der Waals surface area contributed by atoms with Gasteiger partial charge in [-0.1, -0.05) is 81.1 Å². The minimum absolute atomic E-state index is 0.347. The predicted octanol–water partition coefficient (Wildman–Crippen LogP) is 4.87. The summed E-state index contributed by atoms with van der Waals surface area (Å²) in [5.74, 6) is 0. The smallest absolute Gasteiger partial charge is 0.0182 e. The minimum Gasteiger partial charge on any atom is -0.0904 e. The molecule has 0 bridgehead atoms. The van der Waals surface area contributed by atoms with Crippen LogP contribution in [-0.4, -0.2) is 5.66 Å². The van der Waals surface area contributed by atoms with E-state index in [1.807, 2.05) is 0 Å². The Balaban J connectivity index is 2.35. The molecule has 0 heterocycles. The summed E-state index contributed by atoms with van der Waals surface area (Å²) in [5.41, 5.74) is 1.87. The van der Waals surface area contributed by atoms with Gasteiger partial charge in [-0.05, 0) is 29.8 Å². The van der Waals surface area contributed by atoms with E-state index in [-0.39, 0.29) is 7.92 Å². The standard InChI is InChI=1S/C17H19P/c1-14(2)18(17-12-8-5-9-13-17)15(3)16-10-6-4-7-11-16/h4-14H,3H2,1-2H3. The highest BCUT2D eigenvalue weighted by atomic mass is 31.1. The number of hydrogen-bond acceptors (Lipinski definition) is 0. The SMILES string of the molecule is C=C(c1ccccc1)P(c1ccccc1)C(C)C. The maximum absolute atomic E-state index is 4.35. The fraction of sp³-hybridized carbons (Fsp3) is 0.176. The molecule has 0 amide bonds. The molecule has 2 rings (SSSR count). The third kappa shape index (κ3) is 2.89. The molecule has 0 saturated carbocycles. The minimum atomic E-state index is -0.347. The topological polar surface area (TPSA) is 0 Å². The lowest BCUT2D eigenvalue weighted by Gasteiger charge is -2.24. The first kappa shape index (κ1) is 13.1. The molecular weight excluding hydrogens is 235 g/mol. The van der Waals surface area contributed by atoms with Crippen LogP contribution in [0.4, 0.5) is 0 Å². The van der Waals surface area contributed by atoms with Gasteiger partial charge in [0.15, 0.2) is 0 Å². The van der Waals surface area contributed by atoms with Crippen LogP contribution in [0.25, 0.3) is 5.31 Å². The molecule has 0 aliphatic carbocycles. The van der Waals surface area contributed by atoms with Gasteiger partial charge < -0.3 is 0 Å². The summed E-state index contributed by atoms with van der Waals surface area (Å²) >= 11 is 0. The molecule has 1 atom stereocenters. The van der Waals surface area contributed by atoms with Gasteiger partial charge in [-0.3, -0.25) is 0 Å². The highest BCUT2D eigenvalue weighted by Crippen LogP contribution is 2.52. The monoisotopic (exact) mass is 254 g/mol. The number of rotatable bonds is 4. The van der Waals surface area contributed by atoms with Crippen LogP contribution in [0, 0.1) is 0 Å². The van der Waals surface area contributed by atoms with Crippen LogP contribution in [0.2, 0.25) is 0 Å². The van der Waals surface area contributed by atoms with Gasteiger partial charge in [0.1, 0.15) is 0 Å². The van der Waals surface area contributed by atoms with E-state index in [0.29, 0.717) is 5.66 Å². The Bertz CT molecular complexity index is 500. The lowest BCUT2D eigenvalue weighted by molar-refractivity contribution is 1.10. The quantitative estimate of drug-likeness (QED) is 0.683. The maximum Gasteiger partial charge on any atom is -0.0182 e. The third-order valence-electron chi connectivity index (χ3n) is 2.95. The van der Waals surface area contributed by atoms with Crippen LogP contribution in [0.5, 0.6) is 0 Å².